The number of unbranched alkanes of at least 4 members (excludes halogenated alkanes) is 9. The van der Waals surface area contributed by atoms with Crippen LogP contribution < -0.4 is 5.73 Å². The van der Waals surface area contributed by atoms with Crippen molar-refractivity contribution in [2.45, 2.75) is 77.4 Å². The third-order valence-electron chi connectivity index (χ3n) is 2.83. The van der Waals surface area contributed by atoms with Crippen LogP contribution in [0.5, 0.6) is 0 Å². The fourth-order valence-corrected chi connectivity index (χ4v) is 1.82. The van der Waals surface area contributed by atoms with Crippen LogP contribution in [0.1, 0.15) is 71.1 Å². The minimum absolute atomic E-state index is 0.349. The average molecular weight is 228 g/mol. The van der Waals surface area contributed by atoms with E-state index < -0.39 is 0 Å². The molecule has 0 aromatic carbocycles. The molecule has 0 spiro atoms. The lowest BCUT2D eigenvalue weighted by atomic mass is 10.1. The Morgan fingerprint density at radius 3 is 1.75 bits per heavy atom. The van der Waals surface area contributed by atoms with Gasteiger partial charge in [-0.25, -0.2) is 0 Å². The molecule has 2 nitrogen and oxygen atoms in total. The Bertz CT molecular complexity index is 126. The van der Waals surface area contributed by atoms with Gasteiger partial charge in [0.25, 0.3) is 0 Å². The van der Waals surface area contributed by atoms with Crippen molar-refractivity contribution in [1.82, 2.24) is 0 Å². The zero-order valence-corrected chi connectivity index (χ0v) is 11.0. The summed E-state index contributed by atoms with van der Waals surface area (Å²) in [5.74, 6) is 0. The number of rotatable bonds is 12. The van der Waals surface area contributed by atoms with Crippen LogP contribution in [0.15, 0.2) is 0 Å². The van der Waals surface area contributed by atoms with Crippen LogP contribution in [0.25, 0.3) is 0 Å². The van der Waals surface area contributed by atoms with Crippen LogP contribution in [0.3, 0.4) is 0 Å². The molecule has 0 saturated carbocycles. The molecule has 0 fully saturated rings. The lowest BCUT2D eigenvalue weighted by molar-refractivity contribution is 0.0844. The van der Waals surface area contributed by atoms with Gasteiger partial charge in [0.05, 0.1) is 0 Å². The SMILES string of the molecule is [CH2]C(N)OCCCCCCCCCCCC. The molecular formula is C14H30NO. The van der Waals surface area contributed by atoms with Gasteiger partial charge in [-0.15, -0.1) is 0 Å². The third kappa shape index (κ3) is 13.9. The normalized spacial score (nSPS) is 12.9. The van der Waals surface area contributed by atoms with Crippen LogP contribution in [0, 0.1) is 6.92 Å². The van der Waals surface area contributed by atoms with Crippen molar-refractivity contribution < 1.29 is 4.74 Å². The van der Waals surface area contributed by atoms with E-state index in [-0.39, 0.29) is 6.23 Å². The highest BCUT2D eigenvalue weighted by atomic mass is 16.5. The standard InChI is InChI=1S/C14H30NO/c1-3-4-5-6-7-8-9-10-11-12-13-16-14(2)15/h14H,2-13,15H2,1H3. The highest BCUT2D eigenvalue weighted by molar-refractivity contribution is 4.49. The van der Waals surface area contributed by atoms with Gasteiger partial charge >= 0.3 is 0 Å². The monoisotopic (exact) mass is 228 g/mol. The molecule has 0 heterocycles. The van der Waals surface area contributed by atoms with E-state index in [0.717, 1.165) is 13.0 Å². The van der Waals surface area contributed by atoms with Crippen molar-refractivity contribution in [1.29, 1.82) is 0 Å². The fraction of sp³-hybridized carbons (Fsp3) is 0.929. The quantitative estimate of drug-likeness (QED) is 0.404. The maximum absolute atomic E-state index is 5.38. The summed E-state index contributed by atoms with van der Waals surface area (Å²) in [5, 5.41) is 0. The maximum atomic E-state index is 5.38. The zero-order chi connectivity index (χ0) is 12.1. The Kier molecular flexibility index (Phi) is 12.9. The van der Waals surface area contributed by atoms with E-state index in [4.69, 9.17) is 10.5 Å². The summed E-state index contributed by atoms with van der Waals surface area (Å²) in [5.41, 5.74) is 5.38. The summed E-state index contributed by atoms with van der Waals surface area (Å²) in [7, 11) is 0. The van der Waals surface area contributed by atoms with Crippen molar-refractivity contribution in [3.8, 4) is 0 Å². The number of ether oxygens (including phenoxy) is 1. The first-order valence-corrected chi connectivity index (χ1v) is 6.97. The second-order valence-electron chi connectivity index (χ2n) is 4.59. The Balaban J connectivity index is 2.88. The summed E-state index contributed by atoms with van der Waals surface area (Å²) < 4.78 is 5.18. The molecular weight excluding hydrogens is 198 g/mol. The van der Waals surface area contributed by atoms with Crippen LogP contribution in [-0.4, -0.2) is 12.8 Å². The van der Waals surface area contributed by atoms with Crippen LogP contribution in [0.2, 0.25) is 0 Å². The molecule has 0 bridgehead atoms. The van der Waals surface area contributed by atoms with Crippen LogP contribution in [0.4, 0.5) is 0 Å². The molecule has 0 aromatic heterocycles. The summed E-state index contributed by atoms with van der Waals surface area (Å²) in [6, 6.07) is 0. The van der Waals surface area contributed by atoms with Gasteiger partial charge in [-0.1, -0.05) is 64.7 Å². The molecule has 2 N–H and O–H groups in total. The van der Waals surface area contributed by atoms with Crippen molar-refractivity contribution >= 4 is 0 Å². The molecule has 0 aliphatic carbocycles. The van der Waals surface area contributed by atoms with E-state index in [1.165, 1.54) is 57.8 Å². The van der Waals surface area contributed by atoms with Crippen molar-refractivity contribution in [2.24, 2.45) is 5.73 Å². The molecule has 0 aliphatic heterocycles. The predicted octanol–water partition coefficient (Wildman–Crippen LogP) is 4.04. The molecule has 2 heteroatoms. The zero-order valence-electron chi connectivity index (χ0n) is 11.0. The summed E-state index contributed by atoms with van der Waals surface area (Å²) in [4.78, 5) is 0. The Morgan fingerprint density at radius 1 is 0.875 bits per heavy atom. The minimum Gasteiger partial charge on any atom is -0.364 e. The smallest absolute Gasteiger partial charge is 0.105 e. The van der Waals surface area contributed by atoms with Gasteiger partial charge in [-0.05, 0) is 13.3 Å². The molecule has 1 radical (unpaired) electrons. The summed E-state index contributed by atoms with van der Waals surface area (Å²) >= 11 is 0. The van der Waals surface area contributed by atoms with E-state index in [1.807, 2.05) is 0 Å². The van der Waals surface area contributed by atoms with Gasteiger partial charge in [-0.3, -0.25) is 0 Å². The topological polar surface area (TPSA) is 35.2 Å². The second kappa shape index (κ2) is 13.0. The maximum Gasteiger partial charge on any atom is 0.105 e. The molecule has 0 amide bonds. The number of nitrogens with two attached hydrogens (primary N) is 1. The van der Waals surface area contributed by atoms with Gasteiger partial charge in [-0.2, -0.15) is 0 Å². The Morgan fingerprint density at radius 2 is 1.31 bits per heavy atom. The summed E-state index contributed by atoms with van der Waals surface area (Å²) in [6.07, 6.45) is 13.2. The van der Waals surface area contributed by atoms with E-state index in [9.17, 15) is 0 Å². The largest absolute Gasteiger partial charge is 0.364 e. The molecule has 0 rings (SSSR count). The van der Waals surface area contributed by atoms with E-state index in [2.05, 4.69) is 13.8 Å². The third-order valence-corrected chi connectivity index (χ3v) is 2.83. The number of hydrogen-bond donors (Lipinski definition) is 1. The van der Waals surface area contributed by atoms with Gasteiger partial charge in [0.1, 0.15) is 6.23 Å². The molecule has 97 valence electrons. The van der Waals surface area contributed by atoms with Crippen LogP contribution >= 0.6 is 0 Å². The van der Waals surface area contributed by atoms with Gasteiger partial charge < -0.3 is 10.5 Å². The van der Waals surface area contributed by atoms with Crippen molar-refractivity contribution in [2.75, 3.05) is 6.61 Å². The molecule has 0 saturated heterocycles. The lowest BCUT2D eigenvalue weighted by Crippen LogP contribution is -2.19. The first kappa shape index (κ1) is 15.9. The lowest BCUT2D eigenvalue weighted by Gasteiger charge is -2.06. The molecule has 0 aromatic rings. The van der Waals surface area contributed by atoms with E-state index >= 15 is 0 Å². The van der Waals surface area contributed by atoms with Crippen molar-refractivity contribution in [3.05, 3.63) is 6.92 Å². The highest BCUT2D eigenvalue weighted by Crippen LogP contribution is 2.10. The molecule has 0 aliphatic rings. The Hall–Kier alpha value is -0.0800. The highest BCUT2D eigenvalue weighted by Gasteiger charge is 1.94. The second-order valence-corrected chi connectivity index (χ2v) is 4.59. The van der Waals surface area contributed by atoms with E-state index in [0.29, 0.717) is 0 Å². The summed E-state index contributed by atoms with van der Waals surface area (Å²) in [6.45, 7) is 6.61. The first-order chi connectivity index (χ1) is 7.77. The molecule has 16 heavy (non-hydrogen) atoms. The van der Waals surface area contributed by atoms with Gasteiger partial charge in [0.2, 0.25) is 0 Å². The number of hydrogen-bond acceptors (Lipinski definition) is 2. The average Bonchev–Trinajstić information content (AvgIpc) is 2.25. The molecule has 1 atom stereocenters. The minimum atomic E-state index is -0.349. The first-order valence-electron chi connectivity index (χ1n) is 6.97. The fourth-order valence-electron chi connectivity index (χ4n) is 1.82. The Labute approximate surface area is 102 Å². The predicted molar refractivity (Wildman–Crippen MR) is 71.1 cm³/mol. The van der Waals surface area contributed by atoms with E-state index in [1.54, 1.807) is 0 Å². The van der Waals surface area contributed by atoms with Crippen molar-refractivity contribution in [3.63, 3.8) is 0 Å². The van der Waals surface area contributed by atoms with Crippen LogP contribution in [-0.2, 0) is 4.74 Å². The van der Waals surface area contributed by atoms with Gasteiger partial charge in [0, 0.05) is 6.61 Å². The molecule has 1 unspecified atom stereocenters. The van der Waals surface area contributed by atoms with Gasteiger partial charge in [0.15, 0.2) is 0 Å².